The van der Waals surface area contributed by atoms with Gasteiger partial charge in [-0.2, -0.15) is 13.2 Å². The third-order valence-electron chi connectivity index (χ3n) is 7.99. The highest BCUT2D eigenvalue weighted by atomic mass is 19.4. The number of ether oxygens (including phenoxy) is 3. The SMILES string of the molecule is C=C1CC[C@H]2[C@H](C)CC[C@H]3[C@@H](C)C(=O)O[C@@]23[C@@H]1OC(=O)[C@](OC)(c1ccccc1)C(F)(F)F. The molecule has 2 saturated carbocycles. The fraction of sp³-hybridized carbons (Fsp3) is 0.600. The van der Waals surface area contributed by atoms with Crippen LogP contribution in [-0.2, 0) is 29.4 Å². The fourth-order valence-corrected chi connectivity index (χ4v) is 6.31. The van der Waals surface area contributed by atoms with Crippen molar-refractivity contribution in [3.8, 4) is 0 Å². The summed E-state index contributed by atoms with van der Waals surface area (Å²) in [6, 6.07) is 6.70. The maximum absolute atomic E-state index is 14.4. The Balaban J connectivity index is 1.79. The van der Waals surface area contributed by atoms with Gasteiger partial charge in [0.2, 0.25) is 0 Å². The third kappa shape index (κ3) is 3.32. The van der Waals surface area contributed by atoms with Crippen LogP contribution in [0.1, 0.15) is 45.1 Å². The summed E-state index contributed by atoms with van der Waals surface area (Å²) < 4.78 is 59.8. The van der Waals surface area contributed by atoms with E-state index >= 15 is 0 Å². The zero-order valence-electron chi connectivity index (χ0n) is 19.0. The van der Waals surface area contributed by atoms with E-state index in [1.165, 1.54) is 24.3 Å². The first-order valence-corrected chi connectivity index (χ1v) is 11.3. The minimum absolute atomic E-state index is 0.131. The van der Waals surface area contributed by atoms with Crippen LogP contribution in [0, 0.1) is 23.7 Å². The van der Waals surface area contributed by atoms with Gasteiger partial charge in [-0.3, -0.25) is 4.79 Å². The van der Waals surface area contributed by atoms with E-state index in [1.807, 2.05) is 6.92 Å². The lowest BCUT2D eigenvalue weighted by molar-refractivity contribution is -0.283. The van der Waals surface area contributed by atoms with Crippen LogP contribution >= 0.6 is 0 Å². The summed E-state index contributed by atoms with van der Waals surface area (Å²) in [7, 11) is 0.835. The zero-order chi connectivity index (χ0) is 24.2. The van der Waals surface area contributed by atoms with E-state index in [0.717, 1.165) is 13.5 Å². The first-order valence-electron chi connectivity index (χ1n) is 11.3. The number of methoxy groups -OCH3 is 1. The van der Waals surface area contributed by atoms with Crippen molar-refractivity contribution in [2.75, 3.05) is 7.11 Å². The number of rotatable bonds is 4. The van der Waals surface area contributed by atoms with E-state index in [-0.39, 0.29) is 23.3 Å². The molecule has 7 atom stereocenters. The minimum atomic E-state index is -5.09. The average Bonchev–Trinajstić information content (AvgIpc) is 3.01. The molecule has 0 N–H and O–H groups in total. The average molecular weight is 466 g/mol. The van der Waals surface area contributed by atoms with Crippen molar-refractivity contribution in [2.24, 2.45) is 23.7 Å². The molecule has 0 aromatic heterocycles. The molecule has 4 rings (SSSR count). The Morgan fingerprint density at radius 1 is 1.12 bits per heavy atom. The van der Waals surface area contributed by atoms with Gasteiger partial charge in [-0.25, -0.2) is 4.79 Å². The number of hydrogen-bond donors (Lipinski definition) is 0. The number of halogens is 3. The summed E-state index contributed by atoms with van der Waals surface area (Å²) in [5.74, 6) is -2.66. The quantitative estimate of drug-likeness (QED) is 0.464. The summed E-state index contributed by atoms with van der Waals surface area (Å²) in [5.41, 5.74) is -4.45. The predicted octanol–water partition coefficient (Wildman–Crippen LogP) is 4.95. The molecule has 3 aliphatic rings. The molecule has 1 aliphatic heterocycles. The van der Waals surface area contributed by atoms with Crippen LogP contribution in [-0.4, -0.2) is 36.9 Å². The van der Waals surface area contributed by atoms with Gasteiger partial charge < -0.3 is 14.2 Å². The highest BCUT2D eigenvalue weighted by Gasteiger charge is 2.70. The maximum atomic E-state index is 14.4. The van der Waals surface area contributed by atoms with Crippen molar-refractivity contribution in [1.29, 1.82) is 0 Å². The van der Waals surface area contributed by atoms with Gasteiger partial charge in [0, 0.05) is 24.5 Å². The van der Waals surface area contributed by atoms with Crippen molar-refractivity contribution in [1.82, 2.24) is 0 Å². The van der Waals surface area contributed by atoms with Gasteiger partial charge in [0.1, 0.15) is 0 Å². The monoisotopic (exact) mass is 466 g/mol. The molecule has 2 aliphatic carbocycles. The molecule has 0 amide bonds. The second-order valence-corrected chi connectivity index (χ2v) is 9.56. The molecular weight excluding hydrogens is 437 g/mol. The van der Waals surface area contributed by atoms with Crippen LogP contribution in [0.5, 0.6) is 0 Å². The Kier molecular flexibility index (Phi) is 5.88. The molecular formula is C25H29F3O5. The molecule has 1 aromatic carbocycles. The van der Waals surface area contributed by atoms with E-state index < -0.39 is 41.3 Å². The maximum Gasteiger partial charge on any atom is 0.432 e. The van der Waals surface area contributed by atoms with Crippen molar-refractivity contribution >= 4 is 11.9 Å². The Labute approximate surface area is 191 Å². The summed E-state index contributed by atoms with van der Waals surface area (Å²) in [4.78, 5) is 26.1. The number of hydrogen-bond acceptors (Lipinski definition) is 5. The van der Waals surface area contributed by atoms with Crippen LogP contribution in [0.15, 0.2) is 42.5 Å². The molecule has 1 aromatic rings. The minimum Gasteiger partial charge on any atom is -0.454 e. The predicted molar refractivity (Wildman–Crippen MR) is 113 cm³/mol. The molecule has 8 heteroatoms. The lowest BCUT2D eigenvalue weighted by atomic mass is 9.55. The van der Waals surface area contributed by atoms with Crippen molar-refractivity contribution in [2.45, 2.75) is 63.0 Å². The van der Waals surface area contributed by atoms with Crippen molar-refractivity contribution < 1.29 is 37.0 Å². The second-order valence-electron chi connectivity index (χ2n) is 9.56. The standard InChI is InChI=1S/C25H29F3O5/c1-14-10-13-19-16(3)21(29)33-23(19)18(14)12-11-15(2)20(23)32-22(30)24(31-4,25(26,27)28)17-8-6-5-7-9-17/h5-9,14,16,18-20H,2,10-13H2,1,3-4H3/t14-,16-,18+,19+,20-,23+,24-/m1/s1. The smallest absolute Gasteiger partial charge is 0.432 e. The summed E-state index contributed by atoms with van der Waals surface area (Å²) in [6.45, 7) is 7.84. The van der Waals surface area contributed by atoms with E-state index in [1.54, 1.807) is 13.0 Å². The Morgan fingerprint density at radius 2 is 1.79 bits per heavy atom. The topological polar surface area (TPSA) is 61.8 Å². The van der Waals surface area contributed by atoms with E-state index in [0.29, 0.717) is 24.8 Å². The van der Waals surface area contributed by atoms with Gasteiger partial charge >= 0.3 is 18.1 Å². The van der Waals surface area contributed by atoms with Gasteiger partial charge in [-0.15, -0.1) is 0 Å². The Bertz CT molecular complexity index is 945. The van der Waals surface area contributed by atoms with Crippen LogP contribution in [0.25, 0.3) is 0 Å². The molecule has 3 fully saturated rings. The largest absolute Gasteiger partial charge is 0.454 e. The van der Waals surface area contributed by atoms with Crippen LogP contribution < -0.4 is 0 Å². The van der Waals surface area contributed by atoms with Crippen LogP contribution in [0.4, 0.5) is 13.2 Å². The van der Waals surface area contributed by atoms with Gasteiger partial charge in [0.25, 0.3) is 5.60 Å². The fourth-order valence-electron chi connectivity index (χ4n) is 6.31. The number of carbonyl (C=O) groups is 2. The number of benzene rings is 1. The first-order chi connectivity index (χ1) is 15.5. The highest BCUT2D eigenvalue weighted by molar-refractivity contribution is 5.83. The van der Waals surface area contributed by atoms with Crippen molar-refractivity contribution in [3.63, 3.8) is 0 Å². The molecule has 180 valence electrons. The normalized spacial score (nSPS) is 35.8. The summed E-state index contributed by atoms with van der Waals surface area (Å²) >= 11 is 0. The molecule has 33 heavy (non-hydrogen) atoms. The lowest BCUT2D eigenvalue weighted by Crippen LogP contribution is -2.63. The highest BCUT2D eigenvalue weighted by Crippen LogP contribution is 2.59. The van der Waals surface area contributed by atoms with E-state index in [2.05, 4.69) is 6.58 Å². The Hall–Kier alpha value is -2.35. The van der Waals surface area contributed by atoms with Crippen molar-refractivity contribution in [3.05, 3.63) is 48.0 Å². The second kappa shape index (κ2) is 8.15. The summed E-state index contributed by atoms with van der Waals surface area (Å²) in [5, 5.41) is 0. The summed E-state index contributed by atoms with van der Waals surface area (Å²) in [6.07, 6.45) is -3.57. The number of alkyl halides is 3. The number of carbonyl (C=O) groups excluding carboxylic acids is 2. The van der Waals surface area contributed by atoms with E-state index in [4.69, 9.17) is 14.2 Å². The molecule has 0 bridgehead atoms. The molecule has 1 saturated heterocycles. The zero-order valence-corrected chi connectivity index (χ0v) is 19.0. The van der Waals surface area contributed by atoms with E-state index in [9.17, 15) is 22.8 Å². The van der Waals surface area contributed by atoms with Gasteiger partial charge in [-0.05, 0) is 37.2 Å². The molecule has 1 heterocycles. The van der Waals surface area contributed by atoms with Gasteiger partial charge in [0.05, 0.1) is 5.92 Å². The lowest BCUT2D eigenvalue weighted by Gasteiger charge is -2.54. The molecule has 0 unspecified atom stereocenters. The Morgan fingerprint density at radius 3 is 2.39 bits per heavy atom. The molecule has 1 spiro atoms. The van der Waals surface area contributed by atoms with Crippen LogP contribution in [0.2, 0.25) is 0 Å². The number of esters is 2. The molecule has 5 nitrogen and oxygen atoms in total. The van der Waals surface area contributed by atoms with Gasteiger partial charge in [-0.1, -0.05) is 50.8 Å². The molecule has 0 radical (unpaired) electrons. The third-order valence-corrected chi connectivity index (χ3v) is 7.99. The van der Waals surface area contributed by atoms with Crippen LogP contribution in [0.3, 0.4) is 0 Å². The first kappa shape index (κ1) is 23.8. The van der Waals surface area contributed by atoms with Gasteiger partial charge in [0.15, 0.2) is 11.7 Å².